The van der Waals surface area contributed by atoms with Crippen molar-refractivity contribution in [2.75, 3.05) is 19.9 Å². The van der Waals surface area contributed by atoms with Gasteiger partial charge in [-0.15, -0.1) is 10.1 Å². The number of hydrogen-bond acceptors (Lipinski definition) is 5. The van der Waals surface area contributed by atoms with Crippen molar-refractivity contribution in [2.24, 2.45) is 0 Å². The van der Waals surface area contributed by atoms with Crippen molar-refractivity contribution < 1.29 is 52.6 Å². The molecule has 87 valence electrons. The third kappa shape index (κ3) is 14.1. The molecule has 1 atom stereocenters. The van der Waals surface area contributed by atoms with Gasteiger partial charge in [0, 0.05) is 38.8 Å². The van der Waals surface area contributed by atoms with Crippen LogP contribution >= 0.6 is 0 Å². The Balaban J connectivity index is 0. The first kappa shape index (κ1) is 17.5. The summed E-state index contributed by atoms with van der Waals surface area (Å²) in [4.78, 5) is 12.4. The number of nitrogens with one attached hydrogen (secondary N) is 2. The molecule has 0 saturated carbocycles. The standard InChI is InChI=1S/C6H13N2O2.HNO3.Y/c7-10-5-9-4-6-2-1-3-8-6;2-1(3)4;/h6-8H,1-5H2;(H,2,3,4);/q-1;;. The van der Waals surface area contributed by atoms with Crippen molar-refractivity contribution in [3.05, 3.63) is 16.0 Å². The van der Waals surface area contributed by atoms with E-state index >= 15 is 0 Å². The summed E-state index contributed by atoms with van der Waals surface area (Å²) in [7, 11) is 0. The summed E-state index contributed by atoms with van der Waals surface area (Å²) in [6.07, 6.45) is 2.41. The molecule has 1 rings (SSSR count). The van der Waals surface area contributed by atoms with Gasteiger partial charge < -0.3 is 26.0 Å². The zero-order valence-corrected chi connectivity index (χ0v) is 11.1. The Labute approximate surface area is 112 Å². The maximum Gasteiger partial charge on any atom is 0.291 e. The Kier molecular flexibility index (Phi) is 14.3. The molecule has 1 fully saturated rings. The minimum Gasteiger partial charge on any atom is -0.548 e. The largest absolute Gasteiger partial charge is 0.548 e. The summed E-state index contributed by atoms with van der Waals surface area (Å²) in [5, 5.41) is 16.9. The first-order valence-corrected chi connectivity index (χ1v) is 4.09. The van der Waals surface area contributed by atoms with Gasteiger partial charge in [-0.2, -0.15) is 0 Å². The second kappa shape index (κ2) is 12.2. The fraction of sp³-hybridized carbons (Fsp3) is 1.00. The topological polar surface area (TPSA) is 118 Å². The van der Waals surface area contributed by atoms with Crippen LogP contribution in [0.15, 0.2) is 0 Å². The van der Waals surface area contributed by atoms with Crippen molar-refractivity contribution in [1.29, 1.82) is 0 Å². The fourth-order valence-electron chi connectivity index (χ4n) is 1.13. The van der Waals surface area contributed by atoms with Crippen molar-refractivity contribution in [2.45, 2.75) is 18.9 Å². The number of rotatable bonds is 4. The number of ether oxygens (including phenoxy) is 1. The van der Waals surface area contributed by atoms with E-state index in [1.54, 1.807) is 0 Å². The Bertz CT molecular complexity index is 152. The average molecular weight is 297 g/mol. The van der Waals surface area contributed by atoms with Gasteiger partial charge in [0.05, 0.1) is 6.61 Å². The molecule has 1 aliphatic rings. The van der Waals surface area contributed by atoms with Gasteiger partial charge in [-0.3, -0.25) is 0 Å². The predicted octanol–water partition coefficient (Wildman–Crippen LogP) is 0.346. The quantitative estimate of drug-likeness (QED) is 0.334. The van der Waals surface area contributed by atoms with Crippen LogP contribution in [0.3, 0.4) is 0 Å². The number of hydrogen-bond donors (Lipinski definition) is 2. The average Bonchev–Trinajstić information content (AvgIpc) is 2.56. The molecule has 1 saturated heterocycles. The molecule has 15 heavy (non-hydrogen) atoms. The summed E-state index contributed by atoms with van der Waals surface area (Å²) in [6.45, 7) is 1.84. The molecule has 1 heterocycles. The second-order valence-corrected chi connectivity index (χ2v) is 2.66. The Morgan fingerprint density at radius 2 is 2.27 bits per heavy atom. The molecule has 0 bridgehead atoms. The SMILES string of the molecule is O=[N+]([O-])O.[NH-]OCOCC1CCCN1.[Y]. The molecular weight excluding hydrogens is 283 g/mol. The molecular formula is C6H14N3O5Y-. The molecule has 1 unspecified atom stereocenters. The minimum absolute atomic E-state index is 0. The van der Waals surface area contributed by atoms with Crippen molar-refractivity contribution in [3.8, 4) is 0 Å². The van der Waals surface area contributed by atoms with Crippen LogP contribution < -0.4 is 5.32 Å². The normalized spacial score (nSPS) is 18.6. The van der Waals surface area contributed by atoms with Gasteiger partial charge in [0.15, 0.2) is 0 Å². The predicted molar refractivity (Wildman–Crippen MR) is 46.0 cm³/mol. The Morgan fingerprint density at radius 3 is 2.67 bits per heavy atom. The summed E-state index contributed by atoms with van der Waals surface area (Å²) < 4.78 is 4.99. The van der Waals surface area contributed by atoms with Crippen molar-refractivity contribution >= 4 is 0 Å². The molecule has 1 aliphatic heterocycles. The molecule has 0 aliphatic carbocycles. The molecule has 8 nitrogen and oxygen atoms in total. The van der Waals surface area contributed by atoms with Crippen LogP contribution in [0.2, 0.25) is 0 Å². The Morgan fingerprint density at radius 1 is 1.67 bits per heavy atom. The summed E-state index contributed by atoms with van der Waals surface area (Å²) in [5.41, 5.74) is 0. The van der Waals surface area contributed by atoms with E-state index in [-0.39, 0.29) is 39.5 Å². The van der Waals surface area contributed by atoms with Gasteiger partial charge in [-0.25, -0.2) is 0 Å². The van der Waals surface area contributed by atoms with Crippen LogP contribution in [0.4, 0.5) is 0 Å². The van der Waals surface area contributed by atoms with Crippen molar-refractivity contribution in [3.63, 3.8) is 0 Å². The van der Waals surface area contributed by atoms with Gasteiger partial charge in [0.2, 0.25) is 0 Å². The summed E-state index contributed by atoms with van der Waals surface area (Å²) in [6, 6.07) is 0.482. The molecule has 0 aromatic heterocycles. The van der Waals surface area contributed by atoms with Gasteiger partial charge >= 0.3 is 0 Å². The third-order valence-electron chi connectivity index (χ3n) is 1.62. The summed E-state index contributed by atoms with van der Waals surface area (Å²) in [5.74, 6) is 6.33. The van der Waals surface area contributed by atoms with E-state index in [2.05, 4.69) is 10.2 Å². The van der Waals surface area contributed by atoms with E-state index < -0.39 is 5.09 Å². The number of nitrogens with zero attached hydrogens (tertiary/aromatic N) is 1. The van der Waals surface area contributed by atoms with Crippen LogP contribution in [0.25, 0.3) is 5.90 Å². The summed E-state index contributed by atoms with van der Waals surface area (Å²) >= 11 is 0. The van der Waals surface area contributed by atoms with Crippen molar-refractivity contribution in [1.82, 2.24) is 5.32 Å². The molecule has 1 radical (unpaired) electrons. The zero-order chi connectivity index (χ0) is 10.8. The van der Waals surface area contributed by atoms with Crippen LogP contribution in [0.1, 0.15) is 12.8 Å². The van der Waals surface area contributed by atoms with E-state index in [1.807, 2.05) is 0 Å². The van der Waals surface area contributed by atoms with Gasteiger partial charge in [-0.05, 0) is 19.4 Å². The van der Waals surface area contributed by atoms with E-state index in [0.29, 0.717) is 12.6 Å². The van der Waals surface area contributed by atoms with E-state index in [9.17, 15) is 0 Å². The van der Waals surface area contributed by atoms with E-state index in [0.717, 1.165) is 6.54 Å². The van der Waals surface area contributed by atoms with Crippen LogP contribution in [-0.4, -0.2) is 36.3 Å². The molecule has 0 aromatic carbocycles. The third-order valence-corrected chi connectivity index (χ3v) is 1.62. The zero-order valence-electron chi connectivity index (χ0n) is 8.22. The Hall–Kier alpha value is 0.144. The molecule has 9 heteroatoms. The molecule has 0 amide bonds. The van der Waals surface area contributed by atoms with Gasteiger partial charge in [0.1, 0.15) is 6.79 Å². The maximum atomic E-state index is 8.36. The smallest absolute Gasteiger partial charge is 0.291 e. The fourth-order valence-corrected chi connectivity index (χ4v) is 1.13. The maximum absolute atomic E-state index is 8.36. The van der Waals surface area contributed by atoms with Crippen LogP contribution in [0, 0.1) is 10.1 Å². The van der Waals surface area contributed by atoms with E-state index in [4.69, 9.17) is 26.0 Å². The molecule has 0 aromatic rings. The van der Waals surface area contributed by atoms with Crippen LogP contribution in [0.5, 0.6) is 0 Å². The minimum atomic E-state index is -1.50. The molecule has 0 spiro atoms. The van der Waals surface area contributed by atoms with Crippen LogP contribution in [-0.2, 0) is 42.3 Å². The van der Waals surface area contributed by atoms with Gasteiger partial charge in [0.25, 0.3) is 5.09 Å². The van der Waals surface area contributed by atoms with E-state index in [1.165, 1.54) is 12.8 Å². The van der Waals surface area contributed by atoms with Gasteiger partial charge in [-0.1, -0.05) is 0 Å². The monoisotopic (exact) mass is 297 g/mol. The first-order valence-electron chi connectivity index (χ1n) is 4.09. The first-order chi connectivity index (χ1) is 6.66. The second-order valence-electron chi connectivity index (χ2n) is 2.66. The molecule has 3 N–H and O–H groups in total.